The molecular weight excluding hydrogens is 474 g/mol. The van der Waals surface area contributed by atoms with Crippen molar-refractivity contribution in [2.45, 2.75) is 49.8 Å². The third kappa shape index (κ3) is 6.61. The Hall–Kier alpha value is -3.11. The van der Waals surface area contributed by atoms with E-state index in [1.165, 1.54) is 0 Å². The molecule has 1 unspecified atom stereocenters. The van der Waals surface area contributed by atoms with Gasteiger partial charge in [0.25, 0.3) is 5.91 Å². The molecule has 2 saturated heterocycles. The molecule has 8 heteroatoms. The van der Waals surface area contributed by atoms with Gasteiger partial charge in [-0.25, -0.2) is 10.3 Å². The van der Waals surface area contributed by atoms with Gasteiger partial charge in [-0.3, -0.25) is 4.79 Å². The van der Waals surface area contributed by atoms with Crippen molar-refractivity contribution in [1.29, 1.82) is 0 Å². The van der Waals surface area contributed by atoms with Gasteiger partial charge in [0.15, 0.2) is 6.29 Å². The van der Waals surface area contributed by atoms with Crippen molar-refractivity contribution in [3.63, 3.8) is 0 Å². The van der Waals surface area contributed by atoms with Crippen molar-refractivity contribution in [3.05, 3.63) is 108 Å². The Kier molecular flexibility index (Phi) is 8.25. The van der Waals surface area contributed by atoms with Gasteiger partial charge < -0.3 is 24.1 Å². The fraction of sp³-hybridized carbons (Fsp3) is 0.345. The monoisotopic (exact) mass is 505 g/mol. The third-order valence-electron chi connectivity index (χ3n) is 6.41. The number of benzene rings is 3. The predicted octanol–water partition coefficient (Wildman–Crippen LogP) is 3.45. The fourth-order valence-electron chi connectivity index (χ4n) is 4.67. The molecule has 3 aromatic carbocycles. The van der Waals surface area contributed by atoms with Crippen LogP contribution in [0.15, 0.2) is 91.0 Å². The van der Waals surface area contributed by atoms with Crippen LogP contribution in [-0.2, 0) is 41.6 Å². The van der Waals surface area contributed by atoms with Gasteiger partial charge >= 0.3 is 0 Å². The highest BCUT2D eigenvalue weighted by atomic mass is 16.8. The predicted molar refractivity (Wildman–Crippen MR) is 134 cm³/mol. The largest absolute Gasteiger partial charge is 0.390 e. The number of aliphatic hydroxyl groups excluding tert-OH is 1. The van der Waals surface area contributed by atoms with Crippen molar-refractivity contribution < 1.29 is 33.7 Å². The number of hydrogen-bond acceptors (Lipinski definition) is 7. The maximum Gasteiger partial charge on any atom is 0.269 e. The molecule has 2 aliphatic rings. The van der Waals surface area contributed by atoms with Gasteiger partial charge in [-0.2, -0.15) is 0 Å². The summed E-state index contributed by atoms with van der Waals surface area (Å²) in [5.41, 5.74) is 5.24. The normalized spacial score (nSPS) is 27.3. The highest BCUT2D eigenvalue weighted by molar-refractivity contribution is 5.76. The number of ether oxygens (including phenoxy) is 4. The smallest absolute Gasteiger partial charge is 0.269 e. The van der Waals surface area contributed by atoms with Crippen molar-refractivity contribution >= 4 is 5.91 Å². The van der Waals surface area contributed by atoms with E-state index in [0.717, 1.165) is 16.7 Å². The summed E-state index contributed by atoms with van der Waals surface area (Å²) in [5.74, 6) is -1.77. The minimum Gasteiger partial charge on any atom is -0.390 e. The number of hydrogen-bond donors (Lipinski definition) is 2. The molecule has 0 aliphatic carbocycles. The summed E-state index contributed by atoms with van der Waals surface area (Å²) in [7, 11) is 0. The second-order valence-electron chi connectivity index (χ2n) is 9.28. The number of hydroxylamine groups is 1. The minimum absolute atomic E-state index is 0.0930. The van der Waals surface area contributed by atoms with Crippen molar-refractivity contribution in [1.82, 2.24) is 5.48 Å². The summed E-state index contributed by atoms with van der Waals surface area (Å²) < 4.78 is 23.9. The minimum atomic E-state index is -1.32. The Bertz CT molecular complexity index is 1130. The maximum atomic E-state index is 12.5. The molecule has 37 heavy (non-hydrogen) atoms. The highest BCUT2D eigenvalue weighted by Crippen LogP contribution is 2.39. The van der Waals surface area contributed by atoms with Crippen LogP contribution in [0.25, 0.3) is 0 Å². The van der Waals surface area contributed by atoms with Crippen LogP contribution in [-0.4, -0.2) is 48.3 Å². The van der Waals surface area contributed by atoms with Crippen LogP contribution < -0.4 is 5.48 Å². The zero-order chi connectivity index (χ0) is 25.5. The summed E-state index contributed by atoms with van der Waals surface area (Å²) in [6, 6.07) is 28.8. The van der Waals surface area contributed by atoms with E-state index in [1.54, 1.807) is 0 Å². The molecule has 0 saturated carbocycles. The summed E-state index contributed by atoms with van der Waals surface area (Å²) in [4.78, 5) is 18.4. The molecule has 0 bridgehead atoms. The molecule has 3 aromatic rings. The van der Waals surface area contributed by atoms with E-state index in [1.807, 2.05) is 91.0 Å². The lowest BCUT2D eigenvalue weighted by molar-refractivity contribution is -0.381. The van der Waals surface area contributed by atoms with E-state index in [4.69, 9.17) is 23.8 Å². The highest BCUT2D eigenvalue weighted by Gasteiger charge is 2.51. The topological polar surface area (TPSA) is 95.5 Å². The Morgan fingerprint density at radius 1 is 0.946 bits per heavy atom. The molecule has 5 rings (SSSR count). The number of amides is 1. The molecule has 2 N–H and O–H groups in total. The lowest BCUT2D eigenvalue weighted by Crippen LogP contribution is -2.62. The Morgan fingerprint density at radius 2 is 1.59 bits per heavy atom. The fourth-order valence-corrected chi connectivity index (χ4v) is 4.67. The van der Waals surface area contributed by atoms with Crippen LogP contribution in [0.4, 0.5) is 0 Å². The van der Waals surface area contributed by atoms with E-state index in [0.29, 0.717) is 13.0 Å². The zero-order valence-electron chi connectivity index (χ0n) is 20.4. The number of fused-ring (bicyclic) bond motifs is 1. The average Bonchev–Trinajstić information content (AvgIpc) is 2.93. The second-order valence-corrected chi connectivity index (χ2v) is 9.28. The van der Waals surface area contributed by atoms with Crippen LogP contribution in [0.2, 0.25) is 0 Å². The SMILES string of the molecule is O=C(COCc1ccccc1)NO[C@]1(Cc2ccccc2)C[C@@H](O)[C@@H]2OC(c3ccccc3)OC[C@H]2O1. The van der Waals surface area contributed by atoms with E-state index in [-0.39, 0.29) is 19.6 Å². The standard InChI is InChI=1S/C29H31NO7/c31-24-17-29(16-21-10-4-1-5-11-21,37-30-26(32)20-33-18-22-12-6-2-7-13-22)36-25-19-34-28(35-27(24)25)23-14-8-3-9-15-23/h1-15,24-25,27-28,31H,16-20H2,(H,30,32)/t24-,25-,27+,28?,29-/m1/s1. The van der Waals surface area contributed by atoms with Crippen LogP contribution in [0.3, 0.4) is 0 Å². The van der Waals surface area contributed by atoms with Crippen LogP contribution >= 0.6 is 0 Å². The molecule has 5 atom stereocenters. The first kappa shape index (κ1) is 25.5. The molecule has 2 heterocycles. The first-order valence-electron chi connectivity index (χ1n) is 12.4. The number of aliphatic hydroxyl groups is 1. The van der Waals surface area contributed by atoms with E-state index >= 15 is 0 Å². The summed E-state index contributed by atoms with van der Waals surface area (Å²) in [6.07, 6.45) is -2.28. The summed E-state index contributed by atoms with van der Waals surface area (Å²) in [5, 5.41) is 11.1. The van der Waals surface area contributed by atoms with Crippen LogP contribution in [0, 0.1) is 0 Å². The molecule has 2 aliphatic heterocycles. The Balaban J connectivity index is 1.23. The van der Waals surface area contributed by atoms with Crippen molar-refractivity contribution in [2.24, 2.45) is 0 Å². The summed E-state index contributed by atoms with van der Waals surface area (Å²) in [6.45, 7) is 0.324. The third-order valence-corrected chi connectivity index (χ3v) is 6.41. The number of nitrogens with one attached hydrogen (secondary N) is 1. The van der Waals surface area contributed by atoms with Crippen LogP contribution in [0.5, 0.6) is 0 Å². The summed E-state index contributed by atoms with van der Waals surface area (Å²) >= 11 is 0. The molecule has 8 nitrogen and oxygen atoms in total. The molecule has 0 aromatic heterocycles. The first-order valence-corrected chi connectivity index (χ1v) is 12.4. The van der Waals surface area contributed by atoms with Gasteiger partial charge in [0.2, 0.25) is 5.79 Å². The maximum absolute atomic E-state index is 12.5. The Morgan fingerprint density at radius 3 is 2.30 bits per heavy atom. The molecule has 1 amide bonds. The average molecular weight is 506 g/mol. The Labute approximate surface area is 216 Å². The number of rotatable bonds is 9. The first-order chi connectivity index (χ1) is 18.1. The van der Waals surface area contributed by atoms with E-state index in [9.17, 15) is 9.90 Å². The quantitative estimate of drug-likeness (QED) is 0.430. The lowest BCUT2D eigenvalue weighted by atomic mass is 9.90. The van der Waals surface area contributed by atoms with Gasteiger partial charge in [-0.15, -0.1) is 0 Å². The number of carbonyl (C=O) groups excluding carboxylic acids is 1. The lowest BCUT2D eigenvalue weighted by Gasteiger charge is -2.49. The van der Waals surface area contributed by atoms with E-state index in [2.05, 4.69) is 5.48 Å². The second kappa shape index (κ2) is 12.0. The zero-order valence-corrected chi connectivity index (χ0v) is 20.4. The van der Waals surface area contributed by atoms with Gasteiger partial charge in [0.1, 0.15) is 18.8 Å². The van der Waals surface area contributed by atoms with Crippen LogP contribution in [0.1, 0.15) is 29.4 Å². The molecular formula is C29H31NO7. The molecule has 194 valence electrons. The number of carbonyl (C=O) groups is 1. The van der Waals surface area contributed by atoms with Gasteiger partial charge in [-0.05, 0) is 11.1 Å². The van der Waals surface area contributed by atoms with Gasteiger partial charge in [-0.1, -0.05) is 91.0 Å². The van der Waals surface area contributed by atoms with Crippen molar-refractivity contribution in [2.75, 3.05) is 13.2 Å². The van der Waals surface area contributed by atoms with Crippen molar-refractivity contribution in [3.8, 4) is 0 Å². The van der Waals surface area contributed by atoms with Gasteiger partial charge in [0, 0.05) is 18.4 Å². The molecule has 2 fully saturated rings. The van der Waals surface area contributed by atoms with Gasteiger partial charge in [0.05, 0.1) is 19.3 Å². The van der Waals surface area contributed by atoms with E-state index < -0.39 is 36.3 Å². The molecule has 0 spiro atoms. The molecule has 0 radical (unpaired) electrons.